The summed E-state index contributed by atoms with van der Waals surface area (Å²) in [6, 6.07) is 2.93. The third-order valence-electron chi connectivity index (χ3n) is 3.64. The van der Waals surface area contributed by atoms with Gasteiger partial charge in [-0.25, -0.2) is 4.79 Å². The first-order valence-corrected chi connectivity index (χ1v) is 7.20. The second-order valence-electron chi connectivity index (χ2n) is 5.69. The zero-order chi connectivity index (χ0) is 18.1. The fraction of sp³-hybridized carbons (Fsp3) is 0.571. The fourth-order valence-electron chi connectivity index (χ4n) is 2.28. The van der Waals surface area contributed by atoms with E-state index < -0.39 is 41.6 Å². The van der Waals surface area contributed by atoms with E-state index in [0.717, 1.165) is 10.8 Å². The van der Waals surface area contributed by atoms with Gasteiger partial charge in [0.1, 0.15) is 36.8 Å². The maximum atomic E-state index is 12.0. The normalized spacial score (nSPS) is 29.4. The molecule has 0 aromatic carbocycles. The lowest BCUT2D eigenvalue weighted by atomic mass is 10.0. The minimum atomic E-state index is -2.20. The highest BCUT2D eigenvalue weighted by Crippen LogP contribution is 2.34. The van der Waals surface area contributed by atoms with Crippen LogP contribution in [0, 0.1) is 17.2 Å². The van der Waals surface area contributed by atoms with Crippen molar-refractivity contribution in [3.05, 3.63) is 22.7 Å². The van der Waals surface area contributed by atoms with Crippen LogP contribution in [0.3, 0.4) is 0 Å². The summed E-state index contributed by atoms with van der Waals surface area (Å²) in [7, 11) is 0. The van der Waals surface area contributed by atoms with Gasteiger partial charge in [0.25, 0.3) is 5.72 Å². The summed E-state index contributed by atoms with van der Waals surface area (Å²) in [6.07, 6.45) is -3.36. The molecular formula is C14H18N4O6. The third kappa shape index (κ3) is 2.96. The SMILES string of the molecule is CC(C)C(=O)OC[C@H]1O[C@@](C#N)(n2ccc(N)nc2=O)[C@@H](O)C1O. The molecule has 0 saturated carbocycles. The van der Waals surface area contributed by atoms with Gasteiger partial charge in [-0.15, -0.1) is 0 Å². The van der Waals surface area contributed by atoms with Gasteiger partial charge in [0.05, 0.1) is 5.92 Å². The number of nitrogens with two attached hydrogens (primary N) is 1. The number of carbonyl (C=O) groups excluding carboxylic acids is 1. The van der Waals surface area contributed by atoms with Crippen LogP contribution in [0.4, 0.5) is 5.82 Å². The molecule has 10 heteroatoms. The van der Waals surface area contributed by atoms with Gasteiger partial charge in [-0.05, 0) is 6.07 Å². The van der Waals surface area contributed by atoms with Crippen molar-refractivity contribution in [1.29, 1.82) is 5.26 Å². The van der Waals surface area contributed by atoms with Gasteiger partial charge in [0.15, 0.2) is 0 Å². The summed E-state index contributed by atoms with van der Waals surface area (Å²) in [4.78, 5) is 27.0. The summed E-state index contributed by atoms with van der Waals surface area (Å²) >= 11 is 0. The Morgan fingerprint density at radius 2 is 2.29 bits per heavy atom. The average Bonchev–Trinajstić information content (AvgIpc) is 2.77. The van der Waals surface area contributed by atoms with Crippen LogP contribution < -0.4 is 11.4 Å². The molecule has 2 heterocycles. The van der Waals surface area contributed by atoms with E-state index in [1.807, 2.05) is 0 Å². The summed E-state index contributed by atoms with van der Waals surface area (Å²) in [6.45, 7) is 2.88. The highest BCUT2D eigenvalue weighted by Gasteiger charge is 2.57. The van der Waals surface area contributed by atoms with Gasteiger partial charge in [-0.2, -0.15) is 10.2 Å². The number of ether oxygens (including phenoxy) is 2. The van der Waals surface area contributed by atoms with Crippen molar-refractivity contribution in [3.63, 3.8) is 0 Å². The maximum Gasteiger partial charge on any atom is 0.352 e. The Balaban J connectivity index is 2.30. The predicted octanol–water partition coefficient (Wildman–Crippen LogP) is -1.68. The topological polar surface area (TPSA) is 161 Å². The van der Waals surface area contributed by atoms with Gasteiger partial charge < -0.3 is 25.4 Å². The van der Waals surface area contributed by atoms with E-state index in [9.17, 15) is 25.1 Å². The average molecular weight is 338 g/mol. The first-order chi connectivity index (χ1) is 11.2. The molecule has 0 bridgehead atoms. The Morgan fingerprint density at radius 3 is 2.83 bits per heavy atom. The van der Waals surface area contributed by atoms with Gasteiger partial charge in [-0.3, -0.25) is 9.36 Å². The number of hydrogen-bond acceptors (Lipinski definition) is 9. The quantitative estimate of drug-likeness (QED) is 0.544. The Kier molecular flexibility index (Phi) is 4.88. The number of esters is 1. The summed E-state index contributed by atoms with van der Waals surface area (Å²) in [5, 5.41) is 29.8. The van der Waals surface area contributed by atoms with Gasteiger partial charge in [-0.1, -0.05) is 13.8 Å². The molecule has 4 N–H and O–H groups in total. The van der Waals surface area contributed by atoms with Crippen molar-refractivity contribution in [2.24, 2.45) is 5.92 Å². The van der Waals surface area contributed by atoms with Crippen LogP contribution >= 0.6 is 0 Å². The van der Waals surface area contributed by atoms with Crippen LogP contribution in [0.25, 0.3) is 0 Å². The van der Waals surface area contributed by atoms with Gasteiger partial charge in [0.2, 0.25) is 0 Å². The molecular weight excluding hydrogens is 320 g/mol. The summed E-state index contributed by atoms with van der Waals surface area (Å²) in [5.41, 5.74) is 2.26. The molecule has 4 atom stereocenters. The Morgan fingerprint density at radius 1 is 1.62 bits per heavy atom. The lowest BCUT2D eigenvalue weighted by Crippen LogP contribution is -2.49. The second-order valence-corrected chi connectivity index (χ2v) is 5.69. The molecule has 1 aliphatic heterocycles. The van der Waals surface area contributed by atoms with Crippen LogP contribution in [0.1, 0.15) is 13.8 Å². The molecule has 1 aromatic rings. The molecule has 1 aliphatic rings. The van der Waals surface area contributed by atoms with Crippen molar-refractivity contribution in [2.75, 3.05) is 12.3 Å². The Bertz CT molecular complexity index is 727. The number of aromatic nitrogens is 2. The lowest BCUT2D eigenvalue weighted by molar-refractivity contribution is -0.157. The number of nitrogens with zero attached hydrogens (tertiary/aromatic N) is 3. The van der Waals surface area contributed by atoms with E-state index in [-0.39, 0.29) is 12.4 Å². The number of aliphatic hydroxyl groups is 2. The molecule has 0 spiro atoms. The molecule has 1 fully saturated rings. The van der Waals surface area contributed by atoms with Crippen LogP contribution in [0.15, 0.2) is 17.1 Å². The van der Waals surface area contributed by atoms with E-state index in [4.69, 9.17) is 15.2 Å². The number of carbonyl (C=O) groups is 1. The monoisotopic (exact) mass is 338 g/mol. The van der Waals surface area contributed by atoms with Crippen molar-refractivity contribution in [2.45, 2.75) is 37.9 Å². The number of nitrogen functional groups attached to an aromatic ring is 1. The number of nitriles is 1. The Hall–Kier alpha value is -2.48. The highest BCUT2D eigenvalue weighted by atomic mass is 16.6. The molecule has 0 aliphatic carbocycles. The summed E-state index contributed by atoms with van der Waals surface area (Å²) in [5.74, 6) is -0.987. The van der Waals surface area contributed by atoms with E-state index in [2.05, 4.69) is 4.98 Å². The summed E-state index contributed by atoms with van der Waals surface area (Å²) < 4.78 is 11.1. The first-order valence-electron chi connectivity index (χ1n) is 7.20. The van der Waals surface area contributed by atoms with E-state index in [1.165, 1.54) is 6.07 Å². The molecule has 2 rings (SSSR count). The van der Waals surface area contributed by atoms with Crippen LogP contribution in [-0.4, -0.2) is 50.7 Å². The van der Waals surface area contributed by atoms with Crippen LogP contribution in [0.5, 0.6) is 0 Å². The maximum absolute atomic E-state index is 12.0. The van der Waals surface area contributed by atoms with Gasteiger partial charge >= 0.3 is 11.7 Å². The first kappa shape index (κ1) is 17.9. The van der Waals surface area contributed by atoms with Crippen molar-refractivity contribution >= 4 is 11.8 Å². The molecule has 1 aromatic heterocycles. The van der Waals surface area contributed by atoms with Gasteiger partial charge in [0, 0.05) is 6.20 Å². The standard InChI is InChI=1S/C14H18N4O6/c1-7(2)12(21)23-5-8-10(19)11(20)14(6-15,24-8)18-4-3-9(16)17-13(18)22/h3-4,7-8,10-11,19-20H,5H2,1-2H3,(H2,16,17,22)/t8-,10?,11+,14-/m1/s1. The number of hydrogen-bond donors (Lipinski definition) is 3. The number of anilines is 1. The molecule has 24 heavy (non-hydrogen) atoms. The lowest BCUT2D eigenvalue weighted by Gasteiger charge is -2.26. The van der Waals surface area contributed by atoms with E-state index in [1.54, 1.807) is 19.9 Å². The van der Waals surface area contributed by atoms with E-state index >= 15 is 0 Å². The zero-order valence-corrected chi connectivity index (χ0v) is 13.1. The molecule has 1 unspecified atom stereocenters. The van der Waals surface area contributed by atoms with Crippen molar-refractivity contribution < 1.29 is 24.5 Å². The molecule has 0 radical (unpaired) electrons. The Labute approximate surface area is 137 Å². The third-order valence-corrected chi connectivity index (χ3v) is 3.64. The minimum Gasteiger partial charge on any atom is -0.463 e. The predicted molar refractivity (Wildman–Crippen MR) is 79.2 cm³/mol. The smallest absolute Gasteiger partial charge is 0.352 e. The zero-order valence-electron chi connectivity index (χ0n) is 13.1. The van der Waals surface area contributed by atoms with E-state index in [0.29, 0.717) is 0 Å². The van der Waals surface area contributed by atoms with Crippen LogP contribution in [0.2, 0.25) is 0 Å². The molecule has 0 amide bonds. The number of aliphatic hydroxyl groups excluding tert-OH is 2. The highest BCUT2D eigenvalue weighted by molar-refractivity contribution is 5.71. The minimum absolute atomic E-state index is 0.0696. The largest absolute Gasteiger partial charge is 0.463 e. The number of rotatable bonds is 4. The van der Waals surface area contributed by atoms with Crippen LogP contribution in [-0.2, 0) is 20.0 Å². The fourth-order valence-corrected chi connectivity index (χ4v) is 2.28. The molecule has 1 saturated heterocycles. The van der Waals surface area contributed by atoms with Crippen molar-refractivity contribution in [1.82, 2.24) is 9.55 Å². The van der Waals surface area contributed by atoms with Crippen molar-refractivity contribution in [3.8, 4) is 6.07 Å². The molecule has 10 nitrogen and oxygen atoms in total. The molecule has 130 valence electrons. The second kappa shape index (κ2) is 6.56.